The van der Waals surface area contributed by atoms with E-state index in [1.165, 1.54) is 24.3 Å². The summed E-state index contributed by atoms with van der Waals surface area (Å²) < 4.78 is 14.4. The monoisotopic (exact) mass is 357 g/mol. The molecule has 0 bridgehead atoms. The quantitative estimate of drug-likeness (QED) is 0.726. The summed E-state index contributed by atoms with van der Waals surface area (Å²) in [7, 11) is 0. The minimum Gasteiger partial charge on any atom is -0.326 e. The first-order valence-corrected chi connectivity index (χ1v) is 8.54. The molecule has 0 spiro atoms. The lowest BCUT2D eigenvalue weighted by Crippen LogP contribution is -2.12. The first-order chi connectivity index (χ1) is 12.0. The number of amides is 2. The van der Waals surface area contributed by atoms with Gasteiger partial charge in [-0.1, -0.05) is 29.5 Å². The number of nitrogens with zero attached hydrogens (tertiary/aromatic N) is 1. The van der Waals surface area contributed by atoms with E-state index in [0.29, 0.717) is 22.8 Å². The van der Waals surface area contributed by atoms with Crippen LogP contribution >= 0.6 is 11.3 Å². The molecule has 0 saturated carbocycles. The summed E-state index contributed by atoms with van der Waals surface area (Å²) in [5.41, 5.74) is 1.94. The Morgan fingerprint density at radius 3 is 2.72 bits per heavy atom. The molecular weight excluding hydrogens is 341 g/mol. The first-order valence-electron chi connectivity index (χ1n) is 7.73. The Morgan fingerprint density at radius 2 is 1.96 bits per heavy atom. The fourth-order valence-electron chi connectivity index (χ4n) is 2.39. The van der Waals surface area contributed by atoms with E-state index in [4.69, 9.17) is 0 Å². The van der Waals surface area contributed by atoms with Gasteiger partial charge in [-0.05, 0) is 36.2 Å². The predicted octanol–water partition coefficient (Wildman–Crippen LogP) is 3.97. The number of halogens is 1. The number of rotatable bonds is 5. The fraction of sp³-hybridized carbons (Fsp3) is 0.167. The molecule has 0 aliphatic carbocycles. The Balaban J connectivity index is 1.65. The molecule has 0 unspecified atom stereocenters. The van der Waals surface area contributed by atoms with Gasteiger partial charge in [-0.2, -0.15) is 0 Å². The summed E-state index contributed by atoms with van der Waals surface area (Å²) in [5, 5.41) is 5.93. The first kappa shape index (κ1) is 17.0. The molecule has 1 aromatic heterocycles. The van der Waals surface area contributed by atoms with Crippen LogP contribution in [-0.4, -0.2) is 16.8 Å². The van der Waals surface area contributed by atoms with Crippen molar-refractivity contribution in [1.82, 2.24) is 4.98 Å². The van der Waals surface area contributed by atoms with Crippen molar-refractivity contribution in [2.45, 2.75) is 19.8 Å². The summed E-state index contributed by atoms with van der Waals surface area (Å²) in [6.45, 7) is 1.44. The van der Waals surface area contributed by atoms with Crippen molar-refractivity contribution in [3.8, 4) is 0 Å². The standard InChI is InChI=1S/C18H16FN3O2S/c1-11(23)20-13-7-8-15-16(10-13)25-18(21-15)22-17(24)9-6-12-4-2-3-5-14(12)19/h2-5,7-8,10H,6,9H2,1H3,(H,20,23)(H,21,22,24). The van der Waals surface area contributed by atoms with Crippen LogP contribution in [0, 0.1) is 5.82 Å². The third-order valence-electron chi connectivity index (χ3n) is 3.53. The van der Waals surface area contributed by atoms with Crippen molar-refractivity contribution >= 4 is 44.2 Å². The lowest BCUT2D eigenvalue weighted by atomic mass is 10.1. The van der Waals surface area contributed by atoms with E-state index in [9.17, 15) is 14.0 Å². The average molecular weight is 357 g/mol. The highest BCUT2D eigenvalue weighted by atomic mass is 32.1. The summed E-state index contributed by atoms with van der Waals surface area (Å²) in [4.78, 5) is 27.5. The van der Waals surface area contributed by atoms with E-state index < -0.39 is 0 Å². The Bertz CT molecular complexity index is 939. The molecule has 0 fully saturated rings. The van der Waals surface area contributed by atoms with E-state index in [0.717, 1.165) is 10.2 Å². The number of aryl methyl sites for hydroxylation is 1. The highest BCUT2D eigenvalue weighted by Gasteiger charge is 2.10. The zero-order chi connectivity index (χ0) is 17.8. The lowest BCUT2D eigenvalue weighted by molar-refractivity contribution is -0.116. The van der Waals surface area contributed by atoms with Crippen LogP contribution in [0.5, 0.6) is 0 Å². The topological polar surface area (TPSA) is 71.1 Å². The van der Waals surface area contributed by atoms with Gasteiger partial charge in [0.25, 0.3) is 0 Å². The normalized spacial score (nSPS) is 10.6. The van der Waals surface area contributed by atoms with E-state index in [1.807, 2.05) is 6.07 Å². The summed E-state index contributed by atoms with van der Waals surface area (Å²) in [5.74, 6) is -0.671. The van der Waals surface area contributed by atoms with E-state index in [-0.39, 0.29) is 24.1 Å². The van der Waals surface area contributed by atoms with E-state index in [2.05, 4.69) is 15.6 Å². The Hall–Kier alpha value is -2.80. The van der Waals surface area contributed by atoms with Crippen LogP contribution in [0.25, 0.3) is 10.2 Å². The fourth-order valence-corrected chi connectivity index (χ4v) is 3.31. The van der Waals surface area contributed by atoms with Crippen molar-refractivity contribution < 1.29 is 14.0 Å². The molecule has 0 aliphatic rings. The maximum atomic E-state index is 13.6. The largest absolute Gasteiger partial charge is 0.326 e. The second-order valence-electron chi connectivity index (χ2n) is 5.52. The third kappa shape index (κ3) is 4.39. The number of carbonyl (C=O) groups excluding carboxylic acids is 2. The molecular formula is C18H16FN3O2S. The van der Waals surface area contributed by atoms with Crippen molar-refractivity contribution in [3.05, 3.63) is 53.8 Å². The van der Waals surface area contributed by atoms with Gasteiger partial charge in [-0.15, -0.1) is 0 Å². The number of nitrogens with one attached hydrogen (secondary N) is 2. The molecule has 2 aromatic carbocycles. The van der Waals surface area contributed by atoms with Crippen LogP contribution in [-0.2, 0) is 16.0 Å². The molecule has 0 radical (unpaired) electrons. The van der Waals surface area contributed by atoms with Crippen molar-refractivity contribution in [2.24, 2.45) is 0 Å². The molecule has 0 saturated heterocycles. The van der Waals surface area contributed by atoms with Crippen LogP contribution in [0.2, 0.25) is 0 Å². The zero-order valence-electron chi connectivity index (χ0n) is 13.5. The van der Waals surface area contributed by atoms with Crippen molar-refractivity contribution in [1.29, 1.82) is 0 Å². The third-order valence-corrected chi connectivity index (χ3v) is 4.47. The molecule has 0 atom stereocenters. The predicted molar refractivity (Wildman–Crippen MR) is 97.3 cm³/mol. The average Bonchev–Trinajstić information content (AvgIpc) is 2.95. The van der Waals surface area contributed by atoms with Crippen molar-refractivity contribution in [2.75, 3.05) is 10.6 Å². The highest BCUT2D eigenvalue weighted by Crippen LogP contribution is 2.28. The maximum Gasteiger partial charge on any atom is 0.226 e. The lowest BCUT2D eigenvalue weighted by Gasteiger charge is -2.03. The molecule has 3 rings (SSSR count). The molecule has 2 amide bonds. The van der Waals surface area contributed by atoms with Crippen LogP contribution in [0.15, 0.2) is 42.5 Å². The molecule has 128 valence electrons. The van der Waals surface area contributed by atoms with Crippen molar-refractivity contribution in [3.63, 3.8) is 0 Å². The van der Waals surface area contributed by atoms with Gasteiger partial charge in [-0.3, -0.25) is 9.59 Å². The second-order valence-corrected chi connectivity index (χ2v) is 6.55. The van der Waals surface area contributed by atoms with Gasteiger partial charge < -0.3 is 10.6 Å². The van der Waals surface area contributed by atoms with Gasteiger partial charge >= 0.3 is 0 Å². The number of carbonyl (C=O) groups is 2. The zero-order valence-corrected chi connectivity index (χ0v) is 14.3. The highest BCUT2D eigenvalue weighted by molar-refractivity contribution is 7.22. The summed E-state index contributed by atoms with van der Waals surface area (Å²) in [6, 6.07) is 11.8. The SMILES string of the molecule is CC(=O)Nc1ccc2nc(NC(=O)CCc3ccccc3F)sc2c1. The van der Waals surface area contributed by atoms with Gasteiger partial charge in [0.2, 0.25) is 11.8 Å². The number of fused-ring (bicyclic) bond motifs is 1. The van der Waals surface area contributed by atoms with E-state index in [1.54, 1.807) is 30.3 Å². The van der Waals surface area contributed by atoms with Crippen LogP contribution in [0.4, 0.5) is 15.2 Å². The van der Waals surface area contributed by atoms with Gasteiger partial charge in [0, 0.05) is 19.0 Å². The number of anilines is 2. The number of benzene rings is 2. The Morgan fingerprint density at radius 1 is 1.16 bits per heavy atom. The molecule has 1 heterocycles. The summed E-state index contributed by atoms with van der Waals surface area (Å²) >= 11 is 1.32. The number of aromatic nitrogens is 1. The van der Waals surface area contributed by atoms with Crippen LogP contribution in [0.3, 0.4) is 0 Å². The molecule has 5 nitrogen and oxygen atoms in total. The smallest absolute Gasteiger partial charge is 0.226 e. The minimum absolute atomic E-state index is 0.148. The molecule has 25 heavy (non-hydrogen) atoms. The van der Waals surface area contributed by atoms with Gasteiger partial charge in [0.1, 0.15) is 5.82 Å². The Labute approximate surface area is 147 Å². The van der Waals surface area contributed by atoms with Gasteiger partial charge in [-0.25, -0.2) is 9.37 Å². The minimum atomic E-state index is -0.305. The van der Waals surface area contributed by atoms with Crippen LogP contribution < -0.4 is 10.6 Å². The molecule has 2 N–H and O–H groups in total. The second kappa shape index (κ2) is 7.40. The van der Waals surface area contributed by atoms with Gasteiger partial charge in [0.05, 0.1) is 10.2 Å². The molecule has 7 heteroatoms. The summed E-state index contributed by atoms with van der Waals surface area (Å²) in [6.07, 6.45) is 0.504. The number of thiazole rings is 1. The molecule has 3 aromatic rings. The number of hydrogen-bond acceptors (Lipinski definition) is 4. The maximum absolute atomic E-state index is 13.6. The Kier molecular flexibility index (Phi) is 5.04. The van der Waals surface area contributed by atoms with Crippen LogP contribution in [0.1, 0.15) is 18.9 Å². The number of hydrogen-bond donors (Lipinski definition) is 2. The van der Waals surface area contributed by atoms with E-state index >= 15 is 0 Å². The van der Waals surface area contributed by atoms with Gasteiger partial charge in [0.15, 0.2) is 5.13 Å². The molecule has 0 aliphatic heterocycles.